The Morgan fingerprint density at radius 3 is 2.94 bits per heavy atom. The summed E-state index contributed by atoms with van der Waals surface area (Å²) >= 11 is 0. The Bertz CT molecular complexity index is 1170. The number of hydrogen-bond donors (Lipinski definition) is 2. The number of H-pyrrole nitrogens is 1. The second kappa shape index (κ2) is 9.79. The smallest absolute Gasteiger partial charge is 0.407 e. The number of ether oxygens (including phenoxy) is 1. The highest BCUT2D eigenvalue weighted by Gasteiger charge is 2.40. The van der Waals surface area contributed by atoms with Gasteiger partial charge in [-0.1, -0.05) is 24.3 Å². The van der Waals surface area contributed by atoms with Gasteiger partial charge in [0.25, 0.3) is 0 Å². The van der Waals surface area contributed by atoms with Crippen molar-refractivity contribution in [3.05, 3.63) is 77.6 Å². The molecule has 0 saturated heterocycles. The van der Waals surface area contributed by atoms with Crippen molar-refractivity contribution in [3.63, 3.8) is 0 Å². The number of amides is 1. The largest absolute Gasteiger partial charge is 0.450 e. The maximum absolute atomic E-state index is 13.5. The van der Waals surface area contributed by atoms with E-state index >= 15 is 0 Å². The van der Waals surface area contributed by atoms with Crippen molar-refractivity contribution in [2.75, 3.05) is 6.61 Å². The van der Waals surface area contributed by atoms with Crippen LogP contribution in [0.5, 0.6) is 0 Å². The average Bonchev–Trinajstić information content (AvgIpc) is 3.30. The molecule has 34 heavy (non-hydrogen) atoms. The van der Waals surface area contributed by atoms with E-state index in [1.54, 1.807) is 12.3 Å². The molecule has 5 rings (SSSR count). The van der Waals surface area contributed by atoms with Gasteiger partial charge < -0.3 is 10.1 Å². The summed E-state index contributed by atoms with van der Waals surface area (Å²) in [4.78, 5) is 16.5. The molecule has 3 aromatic rings. The maximum Gasteiger partial charge on any atom is 0.407 e. The number of nitrogens with one attached hydrogen (secondary N) is 2. The van der Waals surface area contributed by atoms with Crippen LogP contribution in [-0.4, -0.2) is 33.9 Å². The molecule has 0 radical (unpaired) electrons. The minimum absolute atomic E-state index is 0.145. The molecule has 1 saturated carbocycles. The summed E-state index contributed by atoms with van der Waals surface area (Å²) in [5.74, 6) is 0.955. The van der Waals surface area contributed by atoms with Crippen molar-refractivity contribution >= 4 is 12.2 Å². The van der Waals surface area contributed by atoms with E-state index in [9.17, 15) is 9.18 Å². The molecule has 7 heteroatoms. The number of halogens is 1. The van der Waals surface area contributed by atoms with Crippen molar-refractivity contribution < 1.29 is 13.9 Å². The Kier molecular flexibility index (Phi) is 6.43. The first kappa shape index (κ1) is 22.3. The van der Waals surface area contributed by atoms with E-state index in [1.807, 2.05) is 31.3 Å². The van der Waals surface area contributed by atoms with Gasteiger partial charge in [-0.25, -0.2) is 9.18 Å². The molecular formula is C27H29FN4O2. The normalized spacial score (nSPS) is 23.8. The molecule has 6 nitrogen and oxygen atoms in total. The van der Waals surface area contributed by atoms with Crippen molar-refractivity contribution in [2.24, 2.45) is 11.8 Å². The van der Waals surface area contributed by atoms with E-state index in [2.05, 4.69) is 32.7 Å². The van der Waals surface area contributed by atoms with Crippen molar-refractivity contribution in [3.8, 4) is 11.1 Å². The van der Waals surface area contributed by atoms with Gasteiger partial charge >= 0.3 is 6.09 Å². The van der Waals surface area contributed by atoms with Gasteiger partial charge in [0.15, 0.2) is 0 Å². The van der Waals surface area contributed by atoms with E-state index in [0.29, 0.717) is 18.4 Å². The number of fused-ring (bicyclic) bond motifs is 2. The number of hydrogen-bond acceptors (Lipinski definition) is 4. The Hall–Kier alpha value is -3.48. The number of carbonyl (C=O) groups excluding carboxylic acids is 1. The maximum atomic E-state index is 13.5. The highest BCUT2D eigenvalue weighted by atomic mass is 19.1. The number of aromatic nitrogens is 3. The average molecular weight is 461 g/mol. The van der Waals surface area contributed by atoms with Crippen LogP contribution in [0.25, 0.3) is 17.2 Å². The first-order valence-electron chi connectivity index (χ1n) is 12.0. The Labute approximate surface area is 198 Å². The highest BCUT2D eigenvalue weighted by Crippen LogP contribution is 2.47. The quantitative estimate of drug-likeness (QED) is 0.527. The number of carbonyl (C=O) groups is 1. The van der Waals surface area contributed by atoms with Gasteiger partial charge in [-0.05, 0) is 74.3 Å². The van der Waals surface area contributed by atoms with Crippen LogP contribution >= 0.6 is 0 Å². The molecule has 4 atom stereocenters. The van der Waals surface area contributed by atoms with Gasteiger partial charge in [-0.15, -0.1) is 0 Å². The number of alkyl carbamates (subject to hydrolysis) is 1. The predicted octanol–water partition coefficient (Wildman–Crippen LogP) is 5.49. The van der Waals surface area contributed by atoms with Crippen LogP contribution in [0.15, 0.2) is 54.9 Å². The summed E-state index contributed by atoms with van der Waals surface area (Å²) in [6, 6.07) is 10.6. The molecule has 0 aliphatic heterocycles. The molecule has 2 aromatic heterocycles. The third kappa shape index (κ3) is 4.74. The fraction of sp³-hybridized carbons (Fsp3) is 0.370. The molecule has 0 spiro atoms. The Balaban J connectivity index is 1.32. The summed E-state index contributed by atoms with van der Waals surface area (Å²) in [5, 5.41) is 10.5. The number of nitrogens with zero attached hydrogens (tertiary/aromatic N) is 2. The van der Waals surface area contributed by atoms with Gasteiger partial charge in [0, 0.05) is 35.0 Å². The first-order valence-corrected chi connectivity index (χ1v) is 12.0. The Morgan fingerprint density at radius 1 is 1.24 bits per heavy atom. The lowest BCUT2D eigenvalue weighted by Crippen LogP contribution is -2.44. The molecule has 1 amide bonds. The molecule has 2 aliphatic carbocycles. The van der Waals surface area contributed by atoms with Crippen LogP contribution in [-0.2, 0) is 11.2 Å². The molecule has 1 fully saturated rings. The second-order valence-corrected chi connectivity index (χ2v) is 9.17. The number of aromatic amines is 1. The minimum atomic E-state index is -0.326. The van der Waals surface area contributed by atoms with Gasteiger partial charge in [0.2, 0.25) is 0 Å². The van der Waals surface area contributed by atoms with Crippen molar-refractivity contribution in [1.29, 1.82) is 0 Å². The van der Waals surface area contributed by atoms with Crippen LogP contribution in [0, 0.1) is 17.7 Å². The van der Waals surface area contributed by atoms with E-state index < -0.39 is 0 Å². The van der Waals surface area contributed by atoms with Gasteiger partial charge in [0.1, 0.15) is 5.82 Å². The zero-order chi connectivity index (χ0) is 23.5. The number of pyridine rings is 1. The zero-order valence-electron chi connectivity index (χ0n) is 19.2. The third-order valence-corrected chi connectivity index (χ3v) is 7.10. The predicted molar refractivity (Wildman–Crippen MR) is 128 cm³/mol. The lowest BCUT2D eigenvalue weighted by Gasteiger charge is -2.42. The first-order chi connectivity index (χ1) is 16.6. The number of allylic oxidation sites excluding steroid dienone is 1. The summed E-state index contributed by atoms with van der Waals surface area (Å²) in [6.07, 6.45) is 11.6. The Morgan fingerprint density at radius 2 is 2.15 bits per heavy atom. The van der Waals surface area contributed by atoms with Crippen molar-refractivity contribution in [2.45, 2.75) is 44.6 Å². The van der Waals surface area contributed by atoms with Gasteiger partial charge in [-0.3, -0.25) is 10.1 Å². The summed E-state index contributed by atoms with van der Waals surface area (Å²) < 4.78 is 18.6. The number of benzene rings is 1. The van der Waals surface area contributed by atoms with Crippen LogP contribution in [0.1, 0.15) is 49.1 Å². The molecule has 2 heterocycles. The fourth-order valence-corrected chi connectivity index (χ4v) is 5.52. The monoisotopic (exact) mass is 460 g/mol. The molecule has 176 valence electrons. The van der Waals surface area contributed by atoms with Crippen molar-refractivity contribution in [1.82, 2.24) is 20.5 Å². The van der Waals surface area contributed by atoms with Crippen LogP contribution in [0.4, 0.5) is 9.18 Å². The molecule has 0 unspecified atom stereocenters. The fourth-order valence-electron chi connectivity index (χ4n) is 5.52. The molecule has 1 aromatic carbocycles. The van der Waals surface area contributed by atoms with Crippen LogP contribution in [0.2, 0.25) is 0 Å². The standard InChI is InChI=1S/C27H29FN4O2/c1-2-34-27(33)31-22-9-10-23-19(13-22)14-26-25(16-30-32-26)24(23)11-8-21-7-6-18(15-29-21)17-4-3-5-20(28)12-17/h3-8,11-12,15-16,19,22-24H,2,9-10,13-14H2,1H3,(H,30,32)(H,31,33)/t19-,22+,23+,24-/m0/s1. The van der Waals surface area contributed by atoms with Crippen LogP contribution < -0.4 is 5.32 Å². The minimum Gasteiger partial charge on any atom is -0.450 e. The zero-order valence-corrected chi connectivity index (χ0v) is 19.2. The van der Waals surface area contributed by atoms with E-state index in [-0.39, 0.29) is 23.9 Å². The van der Waals surface area contributed by atoms with Gasteiger partial charge in [0.05, 0.1) is 18.5 Å². The topological polar surface area (TPSA) is 79.9 Å². The van der Waals surface area contributed by atoms with E-state index in [1.165, 1.54) is 23.4 Å². The molecular weight excluding hydrogens is 431 g/mol. The summed E-state index contributed by atoms with van der Waals surface area (Å²) in [5.41, 5.74) is 5.01. The highest BCUT2D eigenvalue weighted by molar-refractivity contribution is 5.67. The molecule has 2 aliphatic rings. The summed E-state index contributed by atoms with van der Waals surface area (Å²) in [6.45, 7) is 2.20. The number of rotatable bonds is 5. The van der Waals surface area contributed by atoms with Gasteiger partial charge in [-0.2, -0.15) is 5.10 Å². The lowest BCUT2D eigenvalue weighted by atomic mass is 9.64. The lowest BCUT2D eigenvalue weighted by molar-refractivity contribution is 0.129. The van der Waals surface area contributed by atoms with Crippen LogP contribution in [0.3, 0.4) is 0 Å². The van der Waals surface area contributed by atoms with E-state index in [0.717, 1.165) is 42.5 Å². The molecule has 0 bridgehead atoms. The van der Waals surface area contributed by atoms with E-state index in [4.69, 9.17) is 4.74 Å². The second-order valence-electron chi connectivity index (χ2n) is 9.17. The summed E-state index contributed by atoms with van der Waals surface area (Å²) in [7, 11) is 0. The SMILES string of the molecule is CCOC(=O)N[C@@H]1CC[C@@H]2[C@H](Cc3[nH]ncc3[C@H]2C=Cc2ccc(-c3cccc(F)c3)cn2)C1. The third-order valence-electron chi connectivity index (χ3n) is 7.10. The molecule has 2 N–H and O–H groups in total.